The Morgan fingerprint density at radius 1 is 1.03 bits per heavy atom. The maximum absolute atomic E-state index is 13.9. The lowest BCUT2D eigenvalue weighted by Gasteiger charge is -2.28. The van der Waals surface area contributed by atoms with Crippen molar-refractivity contribution >= 4 is 35.1 Å². The predicted molar refractivity (Wildman–Crippen MR) is 126 cm³/mol. The van der Waals surface area contributed by atoms with Gasteiger partial charge in [-0.2, -0.15) is 0 Å². The van der Waals surface area contributed by atoms with Crippen molar-refractivity contribution in [1.29, 1.82) is 0 Å². The van der Waals surface area contributed by atoms with Gasteiger partial charge in [0.15, 0.2) is 0 Å². The summed E-state index contributed by atoms with van der Waals surface area (Å²) in [7, 11) is 0. The molecular formula is C25H21ClFN3O2. The fraction of sp³-hybridized carbons (Fsp3) is 0.160. The first-order valence-corrected chi connectivity index (χ1v) is 10.3. The summed E-state index contributed by atoms with van der Waals surface area (Å²) in [5.41, 5.74) is 6.50. The molecule has 3 aromatic carbocycles. The Balaban J connectivity index is 0.00000216. The van der Waals surface area contributed by atoms with Crippen LogP contribution < -0.4 is 15.7 Å². The first kappa shape index (κ1) is 20.5. The van der Waals surface area contributed by atoms with Gasteiger partial charge in [0.2, 0.25) is 0 Å². The molecule has 0 bridgehead atoms. The zero-order valence-electron chi connectivity index (χ0n) is 17.1. The number of imidazole rings is 1. The highest BCUT2D eigenvalue weighted by atomic mass is 35.5. The molecule has 5 nitrogen and oxygen atoms in total. The molecule has 0 amide bonds. The second-order valence-electron chi connectivity index (χ2n) is 8.03. The zero-order valence-corrected chi connectivity index (χ0v) is 17.9. The Bertz CT molecular complexity index is 1420. The van der Waals surface area contributed by atoms with Gasteiger partial charge >= 0.3 is 5.69 Å². The summed E-state index contributed by atoms with van der Waals surface area (Å²) in [6.07, 6.45) is 2.07. The molecule has 0 aliphatic carbocycles. The molecule has 4 aromatic rings. The minimum Gasteiger partial charge on any atom is -0.488 e. The van der Waals surface area contributed by atoms with Gasteiger partial charge in [-0.3, -0.25) is 4.57 Å². The van der Waals surface area contributed by atoms with Crippen LogP contribution >= 0.6 is 12.4 Å². The molecule has 162 valence electrons. The largest absolute Gasteiger partial charge is 0.488 e. The van der Waals surface area contributed by atoms with Gasteiger partial charge in [0, 0.05) is 24.7 Å². The third kappa shape index (κ3) is 3.32. The van der Waals surface area contributed by atoms with Crippen LogP contribution in [-0.2, 0) is 6.61 Å². The van der Waals surface area contributed by atoms with Crippen molar-refractivity contribution in [2.24, 2.45) is 0 Å². The van der Waals surface area contributed by atoms with Crippen LogP contribution in [0, 0.1) is 5.82 Å². The van der Waals surface area contributed by atoms with Gasteiger partial charge in [0.05, 0.1) is 17.1 Å². The van der Waals surface area contributed by atoms with Gasteiger partial charge in [0.1, 0.15) is 18.2 Å². The molecule has 2 N–H and O–H groups in total. The number of nitrogens with one attached hydrogen (secondary N) is 2. The molecule has 3 heterocycles. The summed E-state index contributed by atoms with van der Waals surface area (Å²) in [4.78, 5) is 15.5. The van der Waals surface area contributed by atoms with E-state index in [9.17, 15) is 9.18 Å². The normalized spacial score (nSPS) is 16.5. The van der Waals surface area contributed by atoms with E-state index in [1.165, 1.54) is 12.1 Å². The first-order valence-electron chi connectivity index (χ1n) is 10.3. The number of halogens is 2. The second kappa shape index (κ2) is 7.97. The number of ether oxygens (including phenoxy) is 1. The summed E-state index contributed by atoms with van der Waals surface area (Å²) in [6.45, 7) is 2.00. The first-order chi connectivity index (χ1) is 15.2. The van der Waals surface area contributed by atoms with Crippen LogP contribution in [0.5, 0.6) is 5.75 Å². The summed E-state index contributed by atoms with van der Waals surface area (Å²) in [6, 6.07) is 18.9. The maximum Gasteiger partial charge on any atom is 0.326 e. The number of aromatic nitrogens is 2. The molecule has 2 aliphatic heterocycles. The summed E-state index contributed by atoms with van der Waals surface area (Å²) < 4.78 is 21.6. The predicted octanol–water partition coefficient (Wildman–Crippen LogP) is 4.52. The summed E-state index contributed by atoms with van der Waals surface area (Å²) in [5, 5.41) is 3.21. The molecule has 0 radical (unpaired) electrons. The molecule has 0 unspecified atom stereocenters. The molecule has 0 spiro atoms. The number of H-pyrrole nitrogens is 1. The van der Waals surface area contributed by atoms with Gasteiger partial charge in [0.25, 0.3) is 0 Å². The van der Waals surface area contributed by atoms with E-state index >= 15 is 0 Å². The topological polar surface area (TPSA) is 59.1 Å². The standard InChI is InChI=1S/C25H20FN3O2.ClH/c26-17-6-7-20-21(19-4-2-1-3-16(19)14-31-24(20)11-17)9-15-5-8-23-22(10-15)28-25(30)29(23)18-12-27-13-18;/h1-11,18,27H,12-14H2,(H,28,30);1H/b21-9+;. The number of fused-ring (bicyclic) bond motifs is 3. The van der Waals surface area contributed by atoms with E-state index in [0.29, 0.717) is 12.4 Å². The molecule has 1 saturated heterocycles. The number of aromatic amines is 1. The number of nitrogens with zero attached hydrogens (tertiary/aromatic N) is 1. The Kier molecular flexibility index (Phi) is 5.12. The number of hydrogen-bond donors (Lipinski definition) is 2. The van der Waals surface area contributed by atoms with Crippen LogP contribution in [0.25, 0.3) is 22.7 Å². The van der Waals surface area contributed by atoms with Gasteiger partial charge in [-0.25, -0.2) is 9.18 Å². The highest BCUT2D eigenvalue weighted by Crippen LogP contribution is 2.38. The maximum atomic E-state index is 13.9. The Morgan fingerprint density at radius 3 is 2.69 bits per heavy atom. The highest BCUT2D eigenvalue weighted by molar-refractivity contribution is 5.95. The van der Waals surface area contributed by atoms with E-state index in [-0.39, 0.29) is 30.0 Å². The van der Waals surface area contributed by atoms with Crippen LogP contribution in [0.4, 0.5) is 4.39 Å². The summed E-state index contributed by atoms with van der Waals surface area (Å²) >= 11 is 0. The number of benzene rings is 3. The Labute approximate surface area is 189 Å². The van der Waals surface area contributed by atoms with Crippen molar-refractivity contribution in [3.05, 3.63) is 99.2 Å². The molecule has 0 atom stereocenters. The molecule has 6 rings (SSSR count). The lowest BCUT2D eigenvalue weighted by molar-refractivity contribution is 0.305. The van der Waals surface area contributed by atoms with Gasteiger partial charge in [-0.15, -0.1) is 12.4 Å². The molecule has 2 aliphatic rings. The highest BCUT2D eigenvalue weighted by Gasteiger charge is 2.23. The van der Waals surface area contributed by atoms with E-state index in [2.05, 4.69) is 22.4 Å². The smallest absolute Gasteiger partial charge is 0.326 e. The average Bonchev–Trinajstić information content (AvgIpc) is 2.96. The molecule has 1 fully saturated rings. The van der Waals surface area contributed by atoms with E-state index in [4.69, 9.17) is 4.74 Å². The lowest BCUT2D eigenvalue weighted by Crippen LogP contribution is -2.46. The average molecular weight is 450 g/mol. The minimum absolute atomic E-state index is 0. The molecular weight excluding hydrogens is 429 g/mol. The van der Waals surface area contributed by atoms with E-state index in [1.807, 2.05) is 41.0 Å². The molecule has 0 saturated carbocycles. The van der Waals surface area contributed by atoms with E-state index < -0.39 is 0 Å². The third-order valence-corrected chi connectivity index (χ3v) is 6.10. The second-order valence-corrected chi connectivity index (χ2v) is 8.03. The Morgan fingerprint density at radius 2 is 1.88 bits per heavy atom. The van der Waals surface area contributed by atoms with Crippen molar-refractivity contribution in [2.45, 2.75) is 12.6 Å². The van der Waals surface area contributed by atoms with Crippen molar-refractivity contribution < 1.29 is 9.13 Å². The van der Waals surface area contributed by atoms with Crippen LogP contribution in [0.3, 0.4) is 0 Å². The third-order valence-electron chi connectivity index (χ3n) is 6.10. The monoisotopic (exact) mass is 449 g/mol. The number of hydrogen-bond acceptors (Lipinski definition) is 3. The lowest BCUT2D eigenvalue weighted by atomic mass is 9.92. The van der Waals surface area contributed by atoms with Crippen molar-refractivity contribution in [1.82, 2.24) is 14.9 Å². The molecule has 1 aromatic heterocycles. The quantitative estimate of drug-likeness (QED) is 0.473. The summed E-state index contributed by atoms with van der Waals surface area (Å²) in [5.74, 6) is 0.204. The van der Waals surface area contributed by atoms with Crippen LogP contribution in [0.1, 0.15) is 28.3 Å². The van der Waals surface area contributed by atoms with Crippen LogP contribution in [-0.4, -0.2) is 22.6 Å². The number of rotatable bonds is 2. The molecule has 32 heavy (non-hydrogen) atoms. The minimum atomic E-state index is -0.324. The Hall–Kier alpha value is -3.35. The van der Waals surface area contributed by atoms with Gasteiger partial charge in [-0.05, 0) is 52.6 Å². The SMILES string of the molecule is Cl.O=c1[nH]c2cc(/C=C3\c4ccccc4COc4cc(F)ccc43)ccc2n1C1CNC1. The fourth-order valence-corrected chi connectivity index (χ4v) is 4.43. The van der Waals surface area contributed by atoms with Crippen molar-refractivity contribution in [2.75, 3.05) is 13.1 Å². The zero-order chi connectivity index (χ0) is 20.9. The van der Waals surface area contributed by atoms with Crippen LogP contribution in [0.15, 0.2) is 65.5 Å². The van der Waals surface area contributed by atoms with Crippen molar-refractivity contribution in [3.63, 3.8) is 0 Å². The van der Waals surface area contributed by atoms with Crippen LogP contribution in [0.2, 0.25) is 0 Å². The van der Waals surface area contributed by atoms with E-state index in [1.54, 1.807) is 6.07 Å². The van der Waals surface area contributed by atoms with Gasteiger partial charge < -0.3 is 15.0 Å². The van der Waals surface area contributed by atoms with E-state index in [0.717, 1.165) is 51.9 Å². The fourth-order valence-electron chi connectivity index (χ4n) is 4.43. The molecule has 7 heteroatoms. The van der Waals surface area contributed by atoms with Crippen molar-refractivity contribution in [3.8, 4) is 5.75 Å². The van der Waals surface area contributed by atoms with Gasteiger partial charge in [-0.1, -0.05) is 30.3 Å².